The summed E-state index contributed by atoms with van der Waals surface area (Å²) in [5, 5.41) is 7.63. The second kappa shape index (κ2) is 7.26. The molecule has 2 aromatic heterocycles. The van der Waals surface area contributed by atoms with E-state index in [1.165, 1.54) is 12.3 Å². The van der Waals surface area contributed by atoms with Crippen LogP contribution in [0.25, 0.3) is 0 Å². The number of halogens is 1. The van der Waals surface area contributed by atoms with E-state index < -0.39 is 0 Å². The Bertz CT molecular complexity index is 567. The lowest BCUT2D eigenvalue weighted by atomic mass is 10.1. The molecule has 0 aliphatic heterocycles. The number of rotatable bonds is 7. The second-order valence-corrected chi connectivity index (χ2v) is 5.50. The van der Waals surface area contributed by atoms with Crippen molar-refractivity contribution in [2.24, 2.45) is 5.92 Å². The molecule has 0 radical (unpaired) electrons. The number of pyridine rings is 1. The van der Waals surface area contributed by atoms with Gasteiger partial charge in [-0.2, -0.15) is 5.10 Å². The Morgan fingerprint density at radius 3 is 2.81 bits per heavy atom. The lowest BCUT2D eigenvalue weighted by Crippen LogP contribution is -2.25. The van der Waals surface area contributed by atoms with Crippen LogP contribution in [-0.2, 0) is 13.0 Å². The van der Waals surface area contributed by atoms with Crippen LogP contribution in [0.5, 0.6) is 0 Å². The van der Waals surface area contributed by atoms with Crippen molar-refractivity contribution >= 4 is 0 Å². The van der Waals surface area contributed by atoms with E-state index >= 15 is 0 Å². The molecule has 6 heteroatoms. The first-order chi connectivity index (χ1) is 10.1. The Kier molecular flexibility index (Phi) is 5.38. The van der Waals surface area contributed by atoms with Gasteiger partial charge in [0.1, 0.15) is 18.0 Å². The minimum Gasteiger partial charge on any atom is -0.310 e. The van der Waals surface area contributed by atoms with Crippen molar-refractivity contribution in [1.29, 1.82) is 0 Å². The normalized spacial score (nSPS) is 12.8. The van der Waals surface area contributed by atoms with Crippen LogP contribution in [0.4, 0.5) is 4.39 Å². The van der Waals surface area contributed by atoms with Gasteiger partial charge in [0.25, 0.3) is 0 Å². The molecule has 114 valence electrons. The van der Waals surface area contributed by atoms with Crippen LogP contribution in [0.3, 0.4) is 0 Å². The van der Waals surface area contributed by atoms with Gasteiger partial charge in [-0.25, -0.2) is 14.1 Å². The summed E-state index contributed by atoms with van der Waals surface area (Å²) in [6.07, 6.45) is 5.14. The molecule has 1 atom stereocenters. The molecular weight excluding hydrogens is 269 g/mol. The summed E-state index contributed by atoms with van der Waals surface area (Å²) in [6.45, 7) is 7.93. The summed E-state index contributed by atoms with van der Waals surface area (Å²) in [7, 11) is 0. The highest BCUT2D eigenvalue weighted by atomic mass is 19.1. The topological polar surface area (TPSA) is 55.6 Å². The molecule has 0 bridgehead atoms. The summed E-state index contributed by atoms with van der Waals surface area (Å²) < 4.78 is 15.3. The van der Waals surface area contributed by atoms with Crippen molar-refractivity contribution in [3.63, 3.8) is 0 Å². The fraction of sp³-hybridized carbons (Fsp3) is 0.533. The molecule has 0 fully saturated rings. The van der Waals surface area contributed by atoms with Gasteiger partial charge in [0.05, 0.1) is 6.20 Å². The zero-order valence-corrected chi connectivity index (χ0v) is 12.8. The van der Waals surface area contributed by atoms with E-state index in [2.05, 4.69) is 34.2 Å². The van der Waals surface area contributed by atoms with Gasteiger partial charge >= 0.3 is 0 Å². The molecule has 0 spiro atoms. The summed E-state index contributed by atoms with van der Waals surface area (Å²) in [6, 6.07) is 1.50. The number of nitrogens with zero attached hydrogens (tertiary/aromatic N) is 4. The van der Waals surface area contributed by atoms with Gasteiger partial charge in [0.15, 0.2) is 0 Å². The fourth-order valence-electron chi connectivity index (χ4n) is 2.30. The van der Waals surface area contributed by atoms with Crippen molar-refractivity contribution in [2.45, 2.75) is 39.8 Å². The minimum absolute atomic E-state index is 0.0201. The first-order valence-corrected chi connectivity index (χ1v) is 7.30. The van der Waals surface area contributed by atoms with Crippen molar-refractivity contribution in [1.82, 2.24) is 25.1 Å². The Balaban J connectivity index is 2.18. The Labute approximate surface area is 124 Å². The molecule has 2 aromatic rings. The van der Waals surface area contributed by atoms with Crippen LogP contribution in [0.2, 0.25) is 0 Å². The molecule has 0 saturated heterocycles. The van der Waals surface area contributed by atoms with E-state index in [9.17, 15) is 4.39 Å². The highest BCUT2D eigenvalue weighted by Gasteiger charge is 2.16. The van der Waals surface area contributed by atoms with Crippen LogP contribution in [0.15, 0.2) is 24.8 Å². The Hall–Kier alpha value is -1.82. The average molecular weight is 291 g/mol. The largest absolute Gasteiger partial charge is 0.310 e. The van der Waals surface area contributed by atoms with Crippen LogP contribution in [0.1, 0.15) is 38.2 Å². The van der Waals surface area contributed by atoms with Crippen molar-refractivity contribution in [2.75, 3.05) is 6.54 Å². The molecule has 2 rings (SSSR count). The standard InChI is InChI=1S/C15H22FN5/c1-4-18-14(12-5-13(16)8-17-7-12)6-15-19-10-20-21(15)9-11(2)3/h5,7-8,10-11,14,18H,4,6,9H2,1-3H3. The third kappa shape index (κ3) is 4.32. The number of aromatic nitrogens is 4. The lowest BCUT2D eigenvalue weighted by Gasteiger charge is -2.18. The van der Waals surface area contributed by atoms with E-state index in [1.54, 1.807) is 12.5 Å². The Morgan fingerprint density at radius 2 is 2.14 bits per heavy atom. The van der Waals surface area contributed by atoms with Crippen LogP contribution in [-0.4, -0.2) is 26.3 Å². The third-order valence-electron chi connectivity index (χ3n) is 3.20. The van der Waals surface area contributed by atoms with E-state index in [0.29, 0.717) is 12.3 Å². The maximum absolute atomic E-state index is 13.4. The summed E-state index contributed by atoms with van der Waals surface area (Å²) >= 11 is 0. The first kappa shape index (κ1) is 15.6. The van der Waals surface area contributed by atoms with Gasteiger partial charge in [-0.1, -0.05) is 20.8 Å². The van der Waals surface area contributed by atoms with Gasteiger partial charge in [0, 0.05) is 25.2 Å². The highest BCUT2D eigenvalue weighted by Crippen LogP contribution is 2.18. The molecule has 0 aliphatic rings. The number of nitrogens with one attached hydrogen (secondary N) is 1. The van der Waals surface area contributed by atoms with E-state index in [1.807, 2.05) is 11.6 Å². The van der Waals surface area contributed by atoms with Crippen molar-refractivity contribution in [3.05, 3.63) is 42.0 Å². The molecule has 0 amide bonds. The quantitative estimate of drug-likeness (QED) is 0.851. The van der Waals surface area contributed by atoms with Crippen molar-refractivity contribution in [3.8, 4) is 0 Å². The highest BCUT2D eigenvalue weighted by molar-refractivity contribution is 5.16. The predicted molar refractivity (Wildman–Crippen MR) is 79.2 cm³/mol. The fourth-order valence-corrected chi connectivity index (χ4v) is 2.30. The SMILES string of the molecule is CCNC(Cc1ncnn1CC(C)C)c1cncc(F)c1. The van der Waals surface area contributed by atoms with Crippen molar-refractivity contribution < 1.29 is 4.39 Å². The van der Waals surface area contributed by atoms with E-state index in [4.69, 9.17) is 0 Å². The van der Waals surface area contributed by atoms with Crippen LogP contribution in [0, 0.1) is 11.7 Å². The molecular formula is C15H22FN5. The van der Waals surface area contributed by atoms with Gasteiger partial charge in [-0.15, -0.1) is 0 Å². The zero-order chi connectivity index (χ0) is 15.2. The third-order valence-corrected chi connectivity index (χ3v) is 3.20. The molecule has 0 aromatic carbocycles. The predicted octanol–water partition coefficient (Wildman–Crippen LogP) is 2.36. The second-order valence-electron chi connectivity index (χ2n) is 5.50. The molecule has 0 saturated carbocycles. The lowest BCUT2D eigenvalue weighted by molar-refractivity contribution is 0.446. The number of hydrogen-bond donors (Lipinski definition) is 1. The molecule has 0 aliphatic carbocycles. The van der Waals surface area contributed by atoms with Gasteiger partial charge in [-0.3, -0.25) is 4.98 Å². The maximum Gasteiger partial charge on any atom is 0.141 e. The number of hydrogen-bond acceptors (Lipinski definition) is 4. The summed E-state index contributed by atoms with van der Waals surface area (Å²) in [4.78, 5) is 8.27. The first-order valence-electron chi connectivity index (χ1n) is 7.30. The summed E-state index contributed by atoms with van der Waals surface area (Å²) in [5.41, 5.74) is 0.830. The number of likely N-dealkylation sites (N-methyl/N-ethyl adjacent to an activating group) is 1. The molecule has 1 N–H and O–H groups in total. The molecule has 21 heavy (non-hydrogen) atoms. The monoisotopic (exact) mass is 291 g/mol. The summed E-state index contributed by atoms with van der Waals surface area (Å²) in [5.74, 6) is 1.08. The Morgan fingerprint density at radius 1 is 1.33 bits per heavy atom. The van der Waals surface area contributed by atoms with Gasteiger partial charge in [0.2, 0.25) is 0 Å². The van der Waals surface area contributed by atoms with Gasteiger partial charge < -0.3 is 5.32 Å². The van der Waals surface area contributed by atoms with Gasteiger partial charge in [-0.05, 0) is 24.1 Å². The minimum atomic E-state index is -0.320. The van der Waals surface area contributed by atoms with E-state index in [-0.39, 0.29) is 11.9 Å². The van der Waals surface area contributed by atoms with Crippen LogP contribution < -0.4 is 5.32 Å². The van der Waals surface area contributed by atoms with Crippen LogP contribution >= 0.6 is 0 Å². The average Bonchev–Trinajstić information content (AvgIpc) is 2.85. The van der Waals surface area contributed by atoms with E-state index in [0.717, 1.165) is 24.5 Å². The maximum atomic E-state index is 13.4. The molecule has 1 unspecified atom stereocenters. The smallest absolute Gasteiger partial charge is 0.141 e. The molecule has 2 heterocycles. The zero-order valence-electron chi connectivity index (χ0n) is 12.8. The molecule has 5 nitrogen and oxygen atoms in total.